The van der Waals surface area contributed by atoms with Crippen molar-refractivity contribution in [1.29, 1.82) is 0 Å². The standard InChI is InChI=1S/C12H14FN3O5/c1-7(4-11(17)18)6-14-12(19)15-10-5-8(16(20)21)2-3-9(10)13/h2-3,5,7H,4,6H2,1H3,(H,17,18)(H2,14,15,19). The van der Waals surface area contributed by atoms with E-state index in [2.05, 4.69) is 10.6 Å². The molecule has 0 aliphatic heterocycles. The van der Waals surface area contributed by atoms with Crippen LogP contribution in [0.15, 0.2) is 18.2 Å². The fraction of sp³-hybridized carbons (Fsp3) is 0.333. The van der Waals surface area contributed by atoms with Crippen LogP contribution in [-0.2, 0) is 4.79 Å². The molecule has 0 saturated heterocycles. The van der Waals surface area contributed by atoms with Gasteiger partial charge in [0.2, 0.25) is 0 Å². The van der Waals surface area contributed by atoms with Crippen molar-refractivity contribution in [2.45, 2.75) is 13.3 Å². The summed E-state index contributed by atoms with van der Waals surface area (Å²) in [5.74, 6) is -2.10. The Morgan fingerprint density at radius 3 is 2.71 bits per heavy atom. The van der Waals surface area contributed by atoms with Crippen LogP contribution in [0, 0.1) is 21.8 Å². The largest absolute Gasteiger partial charge is 0.481 e. The fourth-order valence-electron chi connectivity index (χ4n) is 1.53. The Balaban J connectivity index is 2.60. The van der Waals surface area contributed by atoms with Gasteiger partial charge in [0.15, 0.2) is 0 Å². The second kappa shape index (κ2) is 7.17. The highest BCUT2D eigenvalue weighted by Gasteiger charge is 2.14. The first-order valence-electron chi connectivity index (χ1n) is 6.00. The van der Waals surface area contributed by atoms with Crippen LogP contribution in [0.2, 0.25) is 0 Å². The smallest absolute Gasteiger partial charge is 0.319 e. The first kappa shape index (κ1) is 16.3. The minimum absolute atomic E-state index is 0.0781. The normalized spacial score (nSPS) is 11.5. The molecule has 0 spiro atoms. The predicted molar refractivity (Wildman–Crippen MR) is 71.5 cm³/mol. The lowest BCUT2D eigenvalue weighted by atomic mass is 10.1. The quantitative estimate of drug-likeness (QED) is 0.547. The molecule has 3 N–H and O–H groups in total. The zero-order valence-electron chi connectivity index (χ0n) is 11.1. The number of amides is 2. The van der Waals surface area contributed by atoms with Crippen molar-refractivity contribution >= 4 is 23.4 Å². The van der Waals surface area contributed by atoms with E-state index in [4.69, 9.17) is 5.11 Å². The van der Waals surface area contributed by atoms with E-state index in [-0.39, 0.29) is 30.3 Å². The van der Waals surface area contributed by atoms with E-state index < -0.39 is 22.7 Å². The molecule has 8 nitrogen and oxygen atoms in total. The minimum atomic E-state index is -0.991. The number of carboxylic acids is 1. The fourth-order valence-corrected chi connectivity index (χ4v) is 1.53. The van der Waals surface area contributed by atoms with Gasteiger partial charge < -0.3 is 15.7 Å². The van der Waals surface area contributed by atoms with Crippen LogP contribution in [0.3, 0.4) is 0 Å². The maximum Gasteiger partial charge on any atom is 0.319 e. The number of halogens is 1. The Morgan fingerprint density at radius 2 is 2.14 bits per heavy atom. The number of benzene rings is 1. The van der Waals surface area contributed by atoms with E-state index in [0.29, 0.717) is 0 Å². The molecule has 0 saturated carbocycles. The second-order valence-electron chi connectivity index (χ2n) is 4.46. The van der Waals surface area contributed by atoms with Gasteiger partial charge in [0.05, 0.1) is 10.6 Å². The number of rotatable bonds is 6. The number of anilines is 1. The molecule has 1 aromatic rings. The third kappa shape index (κ3) is 5.43. The Bertz CT molecular complexity index is 564. The van der Waals surface area contributed by atoms with Crippen molar-refractivity contribution in [3.05, 3.63) is 34.1 Å². The number of carboxylic acid groups (broad SMARTS) is 1. The monoisotopic (exact) mass is 299 g/mol. The number of nitrogens with one attached hydrogen (secondary N) is 2. The summed E-state index contributed by atoms with van der Waals surface area (Å²) < 4.78 is 13.4. The van der Waals surface area contributed by atoms with Crippen LogP contribution in [-0.4, -0.2) is 28.6 Å². The number of non-ortho nitro benzene ring substituents is 1. The van der Waals surface area contributed by atoms with Gasteiger partial charge >= 0.3 is 12.0 Å². The minimum Gasteiger partial charge on any atom is -0.481 e. The lowest BCUT2D eigenvalue weighted by Crippen LogP contribution is -2.33. The maximum absolute atomic E-state index is 13.4. The van der Waals surface area contributed by atoms with Gasteiger partial charge in [0.25, 0.3) is 5.69 Å². The summed E-state index contributed by atoms with van der Waals surface area (Å²) in [7, 11) is 0. The van der Waals surface area contributed by atoms with Gasteiger partial charge in [-0.25, -0.2) is 9.18 Å². The lowest BCUT2D eigenvalue weighted by molar-refractivity contribution is -0.384. The summed E-state index contributed by atoms with van der Waals surface area (Å²) in [5, 5.41) is 23.6. The van der Waals surface area contributed by atoms with Crippen LogP contribution in [0.1, 0.15) is 13.3 Å². The van der Waals surface area contributed by atoms with Gasteiger partial charge in [-0.05, 0) is 12.0 Å². The van der Waals surface area contributed by atoms with E-state index in [1.54, 1.807) is 6.92 Å². The molecule has 0 bridgehead atoms. The lowest BCUT2D eigenvalue weighted by Gasteiger charge is -2.11. The number of carbonyl (C=O) groups excluding carboxylic acids is 1. The summed E-state index contributed by atoms with van der Waals surface area (Å²) >= 11 is 0. The molecule has 9 heteroatoms. The van der Waals surface area contributed by atoms with Crippen molar-refractivity contribution in [2.75, 3.05) is 11.9 Å². The van der Waals surface area contributed by atoms with Crippen LogP contribution in [0.25, 0.3) is 0 Å². The SMILES string of the molecule is CC(CNC(=O)Nc1cc([N+](=O)[O-])ccc1F)CC(=O)O. The summed E-state index contributed by atoms with van der Waals surface area (Å²) in [5.41, 5.74) is -0.682. The molecule has 1 atom stereocenters. The molecule has 0 fully saturated rings. The Morgan fingerprint density at radius 1 is 1.48 bits per heavy atom. The summed E-state index contributed by atoms with van der Waals surface area (Å²) in [6.07, 6.45) is -0.120. The Kier molecular flexibility index (Phi) is 5.58. The summed E-state index contributed by atoms with van der Waals surface area (Å²) in [6, 6.07) is 1.98. The number of nitro benzene ring substituents is 1. The highest BCUT2D eigenvalue weighted by Crippen LogP contribution is 2.21. The van der Waals surface area contributed by atoms with Crippen LogP contribution in [0.5, 0.6) is 0 Å². The molecular formula is C12H14FN3O5. The number of aliphatic carboxylic acids is 1. The van der Waals surface area contributed by atoms with Crippen LogP contribution < -0.4 is 10.6 Å². The predicted octanol–water partition coefficient (Wildman–Crippen LogP) is 1.97. The van der Waals surface area contributed by atoms with Crippen molar-refractivity contribution in [3.63, 3.8) is 0 Å². The van der Waals surface area contributed by atoms with Crippen molar-refractivity contribution in [3.8, 4) is 0 Å². The topological polar surface area (TPSA) is 122 Å². The number of hydrogen-bond donors (Lipinski definition) is 3. The number of carbonyl (C=O) groups is 2. The molecule has 1 rings (SSSR count). The number of hydrogen-bond acceptors (Lipinski definition) is 4. The van der Waals surface area contributed by atoms with E-state index in [9.17, 15) is 24.1 Å². The molecular weight excluding hydrogens is 285 g/mol. The van der Waals surface area contributed by atoms with Crippen molar-refractivity contribution in [2.24, 2.45) is 5.92 Å². The zero-order valence-corrected chi connectivity index (χ0v) is 11.1. The molecule has 1 aromatic carbocycles. The molecule has 114 valence electrons. The number of nitrogens with zero attached hydrogens (tertiary/aromatic N) is 1. The average molecular weight is 299 g/mol. The zero-order chi connectivity index (χ0) is 16.0. The highest BCUT2D eigenvalue weighted by atomic mass is 19.1. The van der Waals surface area contributed by atoms with Gasteiger partial charge in [0, 0.05) is 25.1 Å². The summed E-state index contributed by atoms with van der Waals surface area (Å²) in [4.78, 5) is 31.8. The second-order valence-corrected chi connectivity index (χ2v) is 4.46. The molecule has 2 amide bonds. The van der Waals surface area contributed by atoms with Gasteiger partial charge in [-0.3, -0.25) is 14.9 Å². The van der Waals surface area contributed by atoms with Crippen LogP contribution in [0.4, 0.5) is 20.6 Å². The van der Waals surface area contributed by atoms with E-state index >= 15 is 0 Å². The summed E-state index contributed by atoms with van der Waals surface area (Å²) in [6.45, 7) is 1.71. The third-order valence-electron chi connectivity index (χ3n) is 2.54. The van der Waals surface area contributed by atoms with E-state index in [1.165, 1.54) is 0 Å². The van der Waals surface area contributed by atoms with Crippen molar-refractivity contribution < 1.29 is 24.0 Å². The van der Waals surface area contributed by atoms with Gasteiger partial charge in [0.1, 0.15) is 5.82 Å². The molecule has 0 heterocycles. The first-order chi connectivity index (χ1) is 9.79. The molecule has 0 radical (unpaired) electrons. The molecule has 0 aromatic heterocycles. The van der Waals surface area contributed by atoms with Gasteiger partial charge in [-0.15, -0.1) is 0 Å². The molecule has 0 aliphatic rings. The maximum atomic E-state index is 13.4. The molecule has 0 aliphatic carbocycles. The van der Waals surface area contributed by atoms with E-state index in [1.807, 2.05) is 0 Å². The third-order valence-corrected chi connectivity index (χ3v) is 2.54. The first-order valence-corrected chi connectivity index (χ1v) is 6.00. The van der Waals surface area contributed by atoms with Gasteiger partial charge in [-0.1, -0.05) is 6.92 Å². The number of nitro groups is 1. The Hall–Kier alpha value is -2.71. The van der Waals surface area contributed by atoms with Crippen molar-refractivity contribution in [1.82, 2.24) is 5.32 Å². The van der Waals surface area contributed by atoms with Crippen LogP contribution >= 0.6 is 0 Å². The Labute approximate surface area is 119 Å². The van der Waals surface area contributed by atoms with E-state index in [0.717, 1.165) is 18.2 Å². The number of urea groups is 1. The highest BCUT2D eigenvalue weighted by molar-refractivity contribution is 5.89. The average Bonchev–Trinajstić information content (AvgIpc) is 2.38. The molecule has 1 unspecified atom stereocenters. The van der Waals surface area contributed by atoms with Gasteiger partial charge in [-0.2, -0.15) is 0 Å². The molecule has 21 heavy (non-hydrogen) atoms.